The van der Waals surface area contributed by atoms with Crippen molar-refractivity contribution < 1.29 is 4.42 Å². The number of aryl methyl sites for hydroxylation is 3. The van der Waals surface area contributed by atoms with E-state index in [1.807, 2.05) is 49.7 Å². The minimum absolute atomic E-state index is 0.747. The lowest BCUT2D eigenvalue weighted by Crippen LogP contribution is -1.93. The highest BCUT2D eigenvalue weighted by molar-refractivity contribution is 5.83. The highest BCUT2D eigenvalue weighted by Gasteiger charge is 2.14. The number of nitrogen functional groups attached to an aromatic ring is 1. The van der Waals surface area contributed by atoms with E-state index in [9.17, 15) is 0 Å². The SMILES string of the molecule is Cc1cc(-c2nc3ccc(N)cc3n2C)c(C)o1. The smallest absolute Gasteiger partial charge is 0.144 e. The molecule has 2 aromatic heterocycles. The topological polar surface area (TPSA) is 57.0 Å². The summed E-state index contributed by atoms with van der Waals surface area (Å²) in [6.07, 6.45) is 0. The molecule has 0 fully saturated rings. The lowest BCUT2D eigenvalue weighted by Gasteiger charge is -2.00. The summed E-state index contributed by atoms with van der Waals surface area (Å²) in [7, 11) is 1.99. The van der Waals surface area contributed by atoms with Crippen molar-refractivity contribution in [3.05, 3.63) is 35.8 Å². The van der Waals surface area contributed by atoms with Crippen molar-refractivity contribution in [1.82, 2.24) is 9.55 Å². The molecular formula is C14H15N3O. The van der Waals surface area contributed by atoms with Gasteiger partial charge in [0, 0.05) is 12.7 Å². The molecular weight excluding hydrogens is 226 g/mol. The zero-order valence-corrected chi connectivity index (χ0v) is 10.7. The van der Waals surface area contributed by atoms with Crippen LogP contribution in [0.15, 0.2) is 28.7 Å². The molecule has 4 nitrogen and oxygen atoms in total. The fourth-order valence-electron chi connectivity index (χ4n) is 2.30. The number of hydrogen-bond donors (Lipinski definition) is 1. The average molecular weight is 241 g/mol. The molecule has 0 aliphatic heterocycles. The normalized spacial score (nSPS) is 11.3. The molecule has 0 radical (unpaired) electrons. The zero-order chi connectivity index (χ0) is 12.9. The van der Waals surface area contributed by atoms with E-state index in [0.29, 0.717) is 0 Å². The van der Waals surface area contributed by atoms with Gasteiger partial charge >= 0.3 is 0 Å². The summed E-state index contributed by atoms with van der Waals surface area (Å²) in [6, 6.07) is 7.76. The molecule has 0 unspecified atom stereocenters. The summed E-state index contributed by atoms with van der Waals surface area (Å²) < 4.78 is 7.61. The third kappa shape index (κ3) is 1.49. The molecule has 0 aliphatic rings. The van der Waals surface area contributed by atoms with Crippen LogP contribution in [0.1, 0.15) is 11.5 Å². The molecule has 0 saturated carbocycles. The highest BCUT2D eigenvalue weighted by atomic mass is 16.3. The van der Waals surface area contributed by atoms with Crippen molar-refractivity contribution in [3.8, 4) is 11.4 Å². The minimum Gasteiger partial charge on any atom is -0.466 e. The largest absolute Gasteiger partial charge is 0.466 e. The van der Waals surface area contributed by atoms with Crippen molar-refractivity contribution >= 4 is 16.7 Å². The van der Waals surface area contributed by atoms with Crippen molar-refractivity contribution in [2.45, 2.75) is 13.8 Å². The Bertz CT molecular complexity index is 737. The third-order valence-electron chi connectivity index (χ3n) is 3.19. The van der Waals surface area contributed by atoms with E-state index in [1.54, 1.807) is 0 Å². The van der Waals surface area contributed by atoms with Crippen LogP contribution in [0.2, 0.25) is 0 Å². The van der Waals surface area contributed by atoms with E-state index in [4.69, 9.17) is 10.2 Å². The van der Waals surface area contributed by atoms with E-state index < -0.39 is 0 Å². The number of nitrogens with zero attached hydrogens (tertiary/aromatic N) is 2. The molecule has 0 aliphatic carbocycles. The molecule has 0 amide bonds. The molecule has 2 N–H and O–H groups in total. The summed E-state index contributed by atoms with van der Waals surface area (Å²) in [5, 5.41) is 0. The van der Waals surface area contributed by atoms with Crippen LogP contribution in [0, 0.1) is 13.8 Å². The molecule has 1 aromatic carbocycles. The Morgan fingerprint density at radius 1 is 1.22 bits per heavy atom. The van der Waals surface area contributed by atoms with Gasteiger partial charge in [-0.2, -0.15) is 0 Å². The minimum atomic E-state index is 0.747. The summed E-state index contributed by atoms with van der Waals surface area (Å²) in [5.74, 6) is 2.69. The fourth-order valence-corrected chi connectivity index (χ4v) is 2.30. The van der Waals surface area contributed by atoms with E-state index in [2.05, 4.69) is 4.98 Å². The molecule has 3 aromatic rings. The van der Waals surface area contributed by atoms with Gasteiger partial charge in [-0.25, -0.2) is 4.98 Å². The van der Waals surface area contributed by atoms with Crippen molar-refractivity contribution in [1.29, 1.82) is 0 Å². The van der Waals surface area contributed by atoms with Gasteiger partial charge < -0.3 is 14.7 Å². The fraction of sp³-hybridized carbons (Fsp3) is 0.214. The number of benzene rings is 1. The van der Waals surface area contributed by atoms with E-state index >= 15 is 0 Å². The third-order valence-corrected chi connectivity index (χ3v) is 3.19. The predicted molar refractivity (Wildman–Crippen MR) is 72.3 cm³/mol. The quantitative estimate of drug-likeness (QED) is 0.666. The van der Waals surface area contributed by atoms with Crippen molar-refractivity contribution in [2.24, 2.45) is 7.05 Å². The maximum absolute atomic E-state index is 5.82. The molecule has 0 bridgehead atoms. The van der Waals surface area contributed by atoms with E-state index in [1.165, 1.54) is 0 Å². The number of aromatic nitrogens is 2. The van der Waals surface area contributed by atoms with Crippen LogP contribution in [0.4, 0.5) is 5.69 Å². The van der Waals surface area contributed by atoms with Crippen molar-refractivity contribution in [3.63, 3.8) is 0 Å². The van der Waals surface area contributed by atoms with Crippen LogP contribution >= 0.6 is 0 Å². The number of nitrogens with two attached hydrogens (primary N) is 1. The summed E-state index contributed by atoms with van der Waals surface area (Å²) in [4.78, 5) is 4.65. The first-order valence-corrected chi connectivity index (χ1v) is 5.85. The van der Waals surface area contributed by atoms with Gasteiger partial charge in [0.15, 0.2) is 0 Å². The van der Waals surface area contributed by atoms with Crippen molar-refractivity contribution in [2.75, 3.05) is 5.73 Å². The molecule has 92 valence electrons. The average Bonchev–Trinajstić information content (AvgIpc) is 2.80. The van der Waals surface area contributed by atoms with Crippen LogP contribution in [0.25, 0.3) is 22.4 Å². The first-order chi connectivity index (χ1) is 8.56. The Labute approximate surface area is 105 Å². The Balaban J connectivity index is 2.30. The van der Waals surface area contributed by atoms with Crippen LogP contribution in [0.5, 0.6) is 0 Å². The standard InChI is InChI=1S/C14H15N3O/c1-8-6-11(9(2)18-8)14-16-12-5-4-10(15)7-13(12)17(14)3/h4-7H,15H2,1-3H3. The molecule has 3 rings (SSSR count). The Morgan fingerprint density at radius 2 is 2.00 bits per heavy atom. The Morgan fingerprint density at radius 3 is 2.67 bits per heavy atom. The monoisotopic (exact) mass is 241 g/mol. The lowest BCUT2D eigenvalue weighted by molar-refractivity contribution is 0.505. The lowest BCUT2D eigenvalue weighted by atomic mass is 10.2. The number of hydrogen-bond acceptors (Lipinski definition) is 3. The van der Waals surface area contributed by atoms with Crippen LogP contribution in [-0.4, -0.2) is 9.55 Å². The summed E-state index contributed by atoms with van der Waals surface area (Å²) >= 11 is 0. The number of fused-ring (bicyclic) bond motifs is 1. The first-order valence-electron chi connectivity index (χ1n) is 5.85. The van der Waals surface area contributed by atoms with Gasteiger partial charge in [-0.1, -0.05) is 0 Å². The molecule has 0 saturated heterocycles. The van der Waals surface area contributed by atoms with Gasteiger partial charge in [-0.05, 0) is 38.1 Å². The van der Waals surface area contributed by atoms with Crippen LogP contribution < -0.4 is 5.73 Å². The van der Waals surface area contributed by atoms with Gasteiger partial charge in [0.25, 0.3) is 0 Å². The Kier molecular flexibility index (Phi) is 2.20. The van der Waals surface area contributed by atoms with Gasteiger partial charge in [0.05, 0.1) is 16.6 Å². The van der Waals surface area contributed by atoms with Gasteiger partial charge in [-0.3, -0.25) is 0 Å². The van der Waals surface area contributed by atoms with E-state index in [0.717, 1.165) is 39.6 Å². The second-order valence-corrected chi connectivity index (χ2v) is 4.57. The first kappa shape index (κ1) is 10.9. The number of rotatable bonds is 1. The van der Waals surface area contributed by atoms with Gasteiger partial charge in [0.1, 0.15) is 17.3 Å². The maximum Gasteiger partial charge on any atom is 0.144 e. The number of imidazole rings is 1. The highest BCUT2D eigenvalue weighted by Crippen LogP contribution is 2.29. The van der Waals surface area contributed by atoms with Gasteiger partial charge in [-0.15, -0.1) is 0 Å². The predicted octanol–water partition coefficient (Wildman–Crippen LogP) is 3.03. The number of furan rings is 1. The van der Waals surface area contributed by atoms with E-state index in [-0.39, 0.29) is 0 Å². The second-order valence-electron chi connectivity index (χ2n) is 4.57. The van der Waals surface area contributed by atoms with Crippen LogP contribution in [-0.2, 0) is 7.05 Å². The maximum atomic E-state index is 5.82. The molecule has 4 heteroatoms. The zero-order valence-electron chi connectivity index (χ0n) is 10.7. The summed E-state index contributed by atoms with van der Waals surface area (Å²) in [5.41, 5.74) is 9.57. The summed E-state index contributed by atoms with van der Waals surface area (Å²) in [6.45, 7) is 3.90. The molecule has 0 atom stereocenters. The molecule has 2 heterocycles. The molecule has 18 heavy (non-hydrogen) atoms. The van der Waals surface area contributed by atoms with Crippen LogP contribution in [0.3, 0.4) is 0 Å². The number of anilines is 1. The van der Waals surface area contributed by atoms with Gasteiger partial charge in [0.2, 0.25) is 0 Å². The molecule has 0 spiro atoms. The Hall–Kier alpha value is -2.23. The second kappa shape index (κ2) is 3.63.